The molecular weight excluding hydrogens is 178 g/mol. The maximum Gasteiger partial charge on any atom is 0.0840 e. The van der Waals surface area contributed by atoms with E-state index in [1.54, 1.807) is 10.9 Å². The summed E-state index contributed by atoms with van der Waals surface area (Å²) in [7, 11) is 1.86. The lowest BCUT2D eigenvalue weighted by atomic mass is 9.94. The maximum atomic E-state index is 9.92. The van der Waals surface area contributed by atoms with Crippen molar-refractivity contribution in [3.8, 4) is 0 Å². The molecule has 1 heterocycles. The van der Waals surface area contributed by atoms with Crippen LogP contribution in [-0.4, -0.2) is 20.4 Å². The minimum Gasteiger partial charge on any atom is -0.388 e. The second-order valence-electron chi connectivity index (χ2n) is 4.52. The van der Waals surface area contributed by atoms with Crippen LogP contribution in [0.2, 0.25) is 0 Å². The van der Waals surface area contributed by atoms with Gasteiger partial charge >= 0.3 is 0 Å². The highest BCUT2D eigenvalue weighted by Crippen LogP contribution is 2.24. The summed E-state index contributed by atoms with van der Waals surface area (Å²) in [6.07, 6.45) is 1.72. The highest BCUT2D eigenvalue weighted by Gasteiger charge is 2.21. The van der Waals surface area contributed by atoms with Gasteiger partial charge in [-0.15, -0.1) is 0 Å². The Morgan fingerprint density at radius 1 is 1.64 bits per heavy atom. The van der Waals surface area contributed by atoms with Crippen LogP contribution in [0.4, 0.5) is 0 Å². The van der Waals surface area contributed by atoms with Crippen LogP contribution < -0.4 is 5.73 Å². The summed E-state index contributed by atoms with van der Waals surface area (Å²) in [6, 6.07) is 0. The Morgan fingerprint density at radius 2 is 2.21 bits per heavy atom. The summed E-state index contributed by atoms with van der Waals surface area (Å²) in [5.74, 6) is 0. The number of hydrogen-bond acceptors (Lipinski definition) is 3. The van der Waals surface area contributed by atoms with Crippen LogP contribution in [0.1, 0.15) is 37.6 Å². The molecule has 0 fully saturated rings. The van der Waals surface area contributed by atoms with Gasteiger partial charge in [-0.2, -0.15) is 5.10 Å². The zero-order chi connectivity index (χ0) is 10.9. The summed E-state index contributed by atoms with van der Waals surface area (Å²) < 4.78 is 1.75. The fraction of sp³-hybridized carbons (Fsp3) is 0.700. The molecule has 1 atom stereocenters. The Hall–Kier alpha value is -0.870. The van der Waals surface area contributed by atoms with Crippen LogP contribution in [0.5, 0.6) is 0 Å². The molecule has 0 spiro atoms. The topological polar surface area (TPSA) is 64.1 Å². The van der Waals surface area contributed by atoms with Gasteiger partial charge < -0.3 is 10.8 Å². The molecule has 0 aliphatic heterocycles. The maximum absolute atomic E-state index is 9.92. The third-order valence-corrected chi connectivity index (χ3v) is 2.35. The first kappa shape index (κ1) is 11.2. The zero-order valence-electron chi connectivity index (χ0n) is 9.28. The molecule has 0 aliphatic rings. The van der Waals surface area contributed by atoms with Crippen LogP contribution in [-0.2, 0) is 7.05 Å². The minimum atomic E-state index is -0.524. The first-order valence-corrected chi connectivity index (χ1v) is 4.77. The number of rotatable bonds is 3. The number of aromatic nitrogens is 2. The number of nitrogens with zero attached hydrogens (tertiary/aromatic N) is 2. The average Bonchev–Trinajstić information content (AvgIpc) is 2.29. The number of hydrogen-bond donors (Lipinski definition) is 2. The van der Waals surface area contributed by atoms with E-state index in [1.165, 1.54) is 0 Å². The second-order valence-corrected chi connectivity index (χ2v) is 4.52. The quantitative estimate of drug-likeness (QED) is 0.756. The van der Waals surface area contributed by atoms with Gasteiger partial charge in [-0.05, 0) is 27.2 Å². The van der Waals surface area contributed by atoms with Crippen molar-refractivity contribution in [1.82, 2.24) is 9.78 Å². The lowest BCUT2D eigenvalue weighted by Gasteiger charge is -2.22. The summed E-state index contributed by atoms with van der Waals surface area (Å²) in [5, 5.41) is 14.0. The van der Waals surface area contributed by atoms with Gasteiger partial charge in [0.05, 0.1) is 12.3 Å². The van der Waals surface area contributed by atoms with Gasteiger partial charge in [0.2, 0.25) is 0 Å². The normalized spacial score (nSPS) is 14.4. The molecule has 0 bridgehead atoms. The van der Waals surface area contributed by atoms with E-state index in [4.69, 9.17) is 5.73 Å². The summed E-state index contributed by atoms with van der Waals surface area (Å²) in [5.41, 5.74) is 7.34. The van der Waals surface area contributed by atoms with Gasteiger partial charge in [0.1, 0.15) is 0 Å². The third-order valence-electron chi connectivity index (χ3n) is 2.35. The van der Waals surface area contributed by atoms with Crippen LogP contribution in [0.15, 0.2) is 6.20 Å². The predicted octanol–water partition coefficient (Wildman–Crippen LogP) is 0.889. The second kappa shape index (κ2) is 3.71. The summed E-state index contributed by atoms with van der Waals surface area (Å²) in [4.78, 5) is 0. The van der Waals surface area contributed by atoms with Gasteiger partial charge in [-0.3, -0.25) is 4.68 Å². The lowest BCUT2D eigenvalue weighted by Crippen LogP contribution is -2.33. The van der Waals surface area contributed by atoms with Crippen molar-refractivity contribution in [2.75, 3.05) is 0 Å². The van der Waals surface area contributed by atoms with Gasteiger partial charge in [-0.1, -0.05) is 0 Å². The van der Waals surface area contributed by atoms with Crippen molar-refractivity contribution in [3.05, 3.63) is 17.5 Å². The van der Waals surface area contributed by atoms with Gasteiger partial charge in [0, 0.05) is 23.8 Å². The molecule has 1 aromatic rings. The van der Waals surface area contributed by atoms with Gasteiger partial charge in [-0.25, -0.2) is 0 Å². The molecule has 1 unspecified atom stereocenters. The van der Waals surface area contributed by atoms with Crippen LogP contribution in [0.25, 0.3) is 0 Å². The van der Waals surface area contributed by atoms with Crippen LogP contribution in [0.3, 0.4) is 0 Å². The van der Waals surface area contributed by atoms with E-state index in [0.717, 1.165) is 11.3 Å². The van der Waals surface area contributed by atoms with Crippen LogP contribution >= 0.6 is 0 Å². The number of aliphatic hydroxyl groups excluding tert-OH is 1. The third kappa shape index (κ3) is 2.56. The predicted molar refractivity (Wildman–Crippen MR) is 55.8 cm³/mol. The van der Waals surface area contributed by atoms with Crippen molar-refractivity contribution in [3.63, 3.8) is 0 Å². The van der Waals surface area contributed by atoms with Crippen LogP contribution in [0, 0.1) is 6.92 Å². The van der Waals surface area contributed by atoms with Crippen molar-refractivity contribution in [1.29, 1.82) is 0 Å². The standard InChI is InChI=1S/C10H19N3O/c1-7-8(6-12-13(7)4)9(14)5-10(2,3)11/h6,9,14H,5,11H2,1-4H3. The first-order valence-electron chi connectivity index (χ1n) is 4.77. The molecule has 0 radical (unpaired) electrons. The van der Waals surface area contributed by atoms with E-state index in [9.17, 15) is 5.11 Å². The summed E-state index contributed by atoms with van der Waals surface area (Å²) in [6.45, 7) is 5.75. The van der Waals surface area contributed by atoms with E-state index in [-0.39, 0.29) is 5.54 Å². The fourth-order valence-corrected chi connectivity index (χ4v) is 1.45. The molecule has 3 N–H and O–H groups in total. The molecule has 0 saturated carbocycles. The molecule has 80 valence electrons. The number of aliphatic hydroxyl groups is 1. The monoisotopic (exact) mass is 197 g/mol. The molecule has 14 heavy (non-hydrogen) atoms. The number of nitrogens with two attached hydrogens (primary N) is 1. The zero-order valence-corrected chi connectivity index (χ0v) is 9.28. The smallest absolute Gasteiger partial charge is 0.0840 e. The van der Waals surface area contributed by atoms with Gasteiger partial charge in [0.15, 0.2) is 0 Å². The van der Waals surface area contributed by atoms with Crippen molar-refractivity contribution >= 4 is 0 Å². The molecule has 4 nitrogen and oxygen atoms in total. The van der Waals surface area contributed by atoms with E-state index in [1.807, 2.05) is 27.8 Å². The van der Waals surface area contributed by atoms with Crippen molar-refractivity contribution in [2.24, 2.45) is 12.8 Å². The molecule has 1 aromatic heterocycles. The molecule has 4 heteroatoms. The Morgan fingerprint density at radius 3 is 2.57 bits per heavy atom. The molecule has 0 amide bonds. The van der Waals surface area contributed by atoms with E-state index in [0.29, 0.717) is 6.42 Å². The summed E-state index contributed by atoms with van der Waals surface area (Å²) >= 11 is 0. The van der Waals surface area contributed by atoms with Crippen molar-refractivity contribution < 1.29 is 5.11 Å². The van der Waals surface area contributed by atoms with Crippen molar-refractivity contribution in [2.45, 2.75) is 38.8 Å². The molecule has 1 rings (SSSR count). The van der Waals surface area contributed by atoms with Gasteiger partial charge in [0.25, 0.3) is 0 Å². The van der Waals surface area contributed by atoms with E-state index >= 15 is 0 Å². The first-order chi connectivity index (χ1) is 6.31. The molecule has 0 aliphatic carbocycles. The molecule has 0 aromatic carbocycles. The largest absolute Gasteiger partial charge is 0.388 e. The molecule has 0 saturated heterocycles. The molecular formula is C10H19N3O. The minimum absolute atomic E-state index is 0.359. The Kier molecular flexibility index (Phi) is 2.97. The average molecular weight is 197 g/mol. The Bertz CT molecular complexity index is 312. The van der Waals surface area contributed by atoms with E-state index < -0.39 is 6.10 Å². The Labute approximate surface area is 84.7 Å². The lowest BCUT2D eigenvalue weighted by molar-refractivity contribution is 0.141. The van der Waals surface area contributed by atoms with E-state index in [2.05, 4.69) is 5.10 Å². The highest BCUT2D eigenvalue weighted by atomic mass is 16.3. The number of aryl methyl sites for hydroxylation is 1. The Balaban J connectivity index is 2.80. The SMILES string of the molecule is Cc1c(C(O)CC(C)(C)N)cnn1C. The highest BCUT2D eigenvalue weighted by molar-refractivity contribution is 5.19. The fourth-order valence-electron chi connectivity index (χ4n) is 1.45.